The highest BCUT2D eigenvalue weighted by Gasteiger charge is 2.23. The monoisotopic (exact) mass is 308 g/mol. The molecule has 0 saturated carbocycles. The number of sulfonamides is 1. The molecule has 0 saturated heterocycles. The van der Waals surface area contributed by atoms with Crippen LogP contribution in [0.25, 0.3) is 0 Å². The van der Waals surface area contributed by atoms with Crippen molar-refractivity contribution in [1.29, 1.82) is 0 Å². The van der Waals surface area contributed by atoms with E-state index in [0.29, 0.717) is 23.6 Å². The van der Waals surface area contributed by atoms with E-state index in [4.69, 9.17) is 0 Å². The number of nitrogens with one attached hydrogen (secondary N) is 2. The van der Waals surface area contributed by atoms with Gasteiger partial charge in [0.05, 0.1) is 11.4 Å². The van der Waals surface area contributed by atoms with Gasteiger partial charge in [0.1, 0.15) is 4.90 Å². The Morgan fingerprint density at radius 1 is 1.29 bits per heavy atom. The smallest absolute Gasteiger partial charge is 0.265 e. The van der Waals surface area contributed by atoms with E-state index in [1.165, 1.54) is 0 Å². The molecule has 7 heteroatoms. The van der Waals surface area contributed by atoms with Gasteiger partial charge in [0.2, 0.25) is 0 Å². The number of aryl methyl sites for hydroxylation is 2. The maximum atomic E-state index is 12.5. The molecule has 0 aliphatic carbocycles. The molecule has 0 bridgehead atoms. The van der Waals surface area contributed by atoms with Crippen LogP contribution in [0.2, 0.25) is 0 Å². The summed E-state index contributed by atoms with van der Waals surface area (Å²) < 4.78 is 29.3. The number of benzene rings is 1. The van der Waals surface area contributed by atoms with Gasteiger partial charge in [0, 0.05) is 19.3 Å². The van der Waals surface area contributed by atoms with Crippen LogP contribution >= 0.6 is 0 Å². The molecule has 2 N–H and O–H groups in total. The average Bonchev–Trinajstić information content (AvgIpc) is 2.63. The van der Waals surface area contributed by atoms with E-state index in [-0.39, 0.29) is 4.90 Å². The van der Waals surface area contributed by atoms with Gasteiger partial charge >= 0.3 is 0 Å². The van der Waals surface area contributed by atoms with Crippen LogP contribution in [0.1, 0.15) is 17.0 Å². The predicted molar refractivity (Wildman–Crippen MR) is 82.7 cm³/mol. The Morgan fingerprint density at radius 2 is 2.00 bits per heavy atom. The van der Waals surface area contributed by atoms with Crippen LogP contribution in [0.3, 0.4) is 0 Å². The summed E-state index contributed by atoms with van der Waals surface area (Å²) in [6.45, 7) is 4.12. The summed E-state index contributed by atoms with van der Waals surface area (Å²) in [5.74, 6) is 0. The largest absolute Gasteiger partial charge is 0.316 e. The van der Waals surface area contributed by atoms with Gasteiger partial charge in [-0.05, 0) is 38.6 Å². The fourth-order valence-corrected chi connectivity index (χ4v) is 3.79. The van der Waals surface area contributed by atoms with Crippen molar-refractivity contribution in [1.82, 2.24) is 15.1 Å². The summed E-state index contributed by atoms with van der Waals surface area (Å²) in [6.07, 6.45) is 0. The molecule has 2 aromatic rings. The number of hydrogen-bond donors (Lipinski definition) is 2. The molecule has 0 fully saturated rings. The first-order valence-corrected chi connectivity index (χ1v) is 8.10. The zero-order valence-corrected chi connectivity index (χ0v) is 13.5. The molecular formula is C14H20N4O2S. The second kappa shape index (κ2) is 5.87. The Hall–Kier alpha value is -1.86. The Labute approximate surface area is 125 Å². The Kier molecular flexibility index (Phi) is 4.34. The SMILES string of the molecule is CNCc1cccc(NS(=O)(=O)c2c(C)nn(C)c2C)c1. The zero-order valence-electron chi connectivity index (χ0n) is 12.6. The average molecular weight is 308 g/mol. The maximum absolute atomic E-state index is 12.5. The van der Waals surface area contributed by atoms with Crippen LogP contribution in [0, 0.1) is 13.8 Å². The van der Waals surface area contributed by atoms with E-state index in [1.54, 1.807) is 31.6 Å². The molecule has 2 rings (SSSR count). The van der Waals surface area contributed by atoms with Gasteiger partial charge in [-0.3, -0.25) is 9.40 Å². The predicted octanol–water partition coefficient (Wildman–Crippen LogP) is 1.56. The number of aromatic nitrogens is 2. The van der Waals surface area contributed by atoms with Gasteiger partial charge in [-0.2, -0.15) is 5.10 Å². The minimum Gasteiger partial charge on any atom is -0.316 e. The van der Waals surface area contributed by atoms with Gasteiger partial charge in [-0.15, -0.1) is 0 Å². The van der Waals surface area contributed by atoms with Gasteiger partial charge in [0.15, 0.2) is 0 Å². The molecular weight excluding hydrogens is 288 g/mol. The molecule has 0 unspecified atom stereocenters. The zero-order chi connectivity index (χ0) is 15.6. The van der Waals surface area contributed by atoms with E-state index < -0.39 is 10.0 Å². The van der Waals surface area contributed by atoms with Gasteiger partial charge in [-0.1, -0.05) is 12.1 Å². The van der Waals surface area contributed by atoms with Crippen LogP contribution in [0.5, 0.6) is 0 Å². The van der Waals surface area contributed by atoms with Crippen molar-refractivity contribution < 1.29 is 8.42 Å². The lowest BCUT2D eigenvalue weighted by Gasteiger charge is -2.10. The summed E-state index contributed by atoms with van der Waals surface area (Å²) in [4.78, 5) is 0.240. The van der Waals surface area contributed by atoms with E-state index in [0.717, 1.165) is 5.56 Å². The molecule has 0 aliphatic heterocycles. The molecule has 1 aromatic heterocycles. The Balaban J connectivity index is 2.35. The van der Waals surface area contributed by atoms with Crippen molar-refractivity contribution in [2.24, 2.45) is 7.05 Å². The standard InChI is InChI=1S/C14H20N4O2S/c1-10-14(11(2)18(4)16-10)21(19,20)17-13-7-5-6-12(8-13)9-15-3/h5-8,15,17H,9H2,1-4H3. The lowest BCUT2D eigenvalue weighted by Crippen LogP contribution is -2.15. The number of anilines is 1. The Morgan fingerprint density at radius 3 is 2.57 bits per heavy atom. The topological polar surface area (TPSA) is 76.0 Å². The third-order valence-corrected chi connectivity index (χ3v) is 4.90. The minimum absolute atomic E-state index is 0.240. The fourth-order valence-electron chi connectivity index (χ4n) is 2.30. The highest BCUT2D eigenvalue weighted by molar-refractivity contribution is 7.92. The number of nitrogens with zero attached hydrogens (tertiary/aromatic N) is 2. The van der Waals surface area contributed by atoms with Crippen LogP contribution in [0.15, 0.2) is 29.2 Å². The van der Waals surface area contributed by atoms with Crippen LogP contribution < -0.4 is 10.0 Å². The van der Waals surface area contributed by atoms with Crippen molar-refractivity contribution >= 4 is 15.7 Å². The van der Waals surface area contributed by atoms with Crippen molar-refractivity contribution in [2.45, 2.75) is 25.3 Å². The second-order valence-electron chi connectivity index (χ2n) is 4.96. The molecule has 21 heavy (non-hydrogen) atoms. The van der Waals surface area contributed by atoms with E-state index in [1.807, 2.05) is 25.2 Å². The fraction of sp³-hybridized carbons (Fsp3) is 0.357. The lowest BCUT2D eigenvalue weighted by molar-refractivity contribution is 0.599. The highest BCUT2D eigenvalue weighted by Crippen LogP contribution is 2.22. The van der Waals surface area contributed by atoms with Gasteiger partial charge in [-0.25, -0.2) is 8.42 Å². The van der Waals surface area contributed by atoms with Crippen molar-refractivity contribution in [2.75, 3.05) is 11.8 Å². The number of hydrogen-bond acceptors (Lipinski definition) is 4. The van der Waals surface area contributed by atoms with E-state index >= 15 is 0 Å². The summed E-state index contributed by atoms with van der Waals surface area (Å²) >= 11 is 0. The summed E-state index contributed by atoms with van der Waals surface area (Å²) in [7, 11) is -0.0618. The van der Waals surface area contributed by atoms with Crippen molar-refractivity contribution in [3.63, 3.8) is 0 Å². The molecule has 1 aromatic carbocycles. The van der Waals surface area contributed by atoms with Gasteiger partial charge in [0.25, 0.3) is 10.0 Å². The molecule has 0 atom stereocenters. The van der Waals surface area contributed by atoms with E-state index in [9.17, 15) is 8.42 Å². The normalized spacial score (nSPS) is 11.6. The number of rotatable bonds is 5. The van der Waals surface area contributed by atoms with Crippen LogP contribution in [-0.2, 0) is 23.6 Å². The van der Waals surface area contributed by atoms with Crippen LogP contribution in [-0.4, -0.2) is 25.2 Å². The quantitative estimate of drug-likeness (QED) is 0.879. The molecule has 0 radical (unpaired) electrons. The first-order valence-electron chi connectivity index (χ1n) is 6.61. The third-order valence-electron chi connectivity index (χ3n) is 3.27. The third kappa shape index (κ3) is 3.25. The molecule has 6 nitrogen and oxygen atoms in total. The highest BCUT2D eigenvalue weighted by atomic mass is 32.2. The second-order valence-corrected chi connectivity index (χ2v) is 6.58. The maximum Gasteiger partial charge on any atom is 0.265 e. The molecule has 0 aliphatic rings. The molecule has 0 spiro atoms. The minimum atomic E-state index is -3.64. The van der Waals surface area contributed by atoms with Crippen LogP contribution in [0.4, 0.5) is 5.69 Å². The summed E-state index contributed by atoms with van der Waals surface area (Å²) in [6, 6.07) is 7.31. The molecule has 0 amide bonds. The van der Waals surface area contributed by atoms with E-state index in [2.05, 4.69) is 15.1 Å². The van der Waals surface area contributed by atoms with Gasteiger partial charge < -0.3 is 5.32 Å². The summed E-state index contributed by atoms with van der Waals surface area (Å²) in [5, 5.41) is 7.19. The first kappa shape index (κ1) is 15.5. The Bertz CT molecular complexity index is 750. The molecule has 1 heterocycles. The molecule has 114 valence electrons. The summed E-state index contributed by atoms with van der Waals surface area (Å²) in [5.41, 5.74) is 2.67. The van der Waals surface area contributed by atoms with Crippen molar-refractivity contribution in [3.8, 4) is 0 Å². The first-order chi connectivity index (χ1) is 9.85. The lowest BCUT2D eigenvalue weighted by atomic mass is 10.2. The van der Waals surface area contributed by atoms with Crippen molar-refractivity contribution in [3.05, 3.63) is 41.2 Å².